The van der Waals surface area contributed by atoms with E-state index in [-0.39, 0.29) is 6.42 Å². The smallest absolute Gasteiger partial charge is 0.338 e. The minimum absolute atomic E-state index is 0.0136. The molecule has 8 heteroatoms. The molecule has 0 aliphatic carbocycles. The van der Waals surface area contributed by atoms with Crippen LogP contribution in [0.2, 0.25) is 0 Å². The molecule has 1 rings (SSSR count). The maximum absolute atomic E-state index is 10.7. The molecule has 0 bridgehead atoms. The minimum atomic E-state index is -1.83. The molecule has 0 aliphatic heterocycles. The van der Waals surface area contributed by atoms with Gasteiger partial charge in [0.15, 0.2) is 0 Å². The molecule has 126 valence electrons. The number of carboxylic acid groups (broad SMARTS) is 2. The lowest BCUT2D eigenvalue weighted by molar-refractivity contribution is -0.141. The lowest BCUT2D eigenvalue weighted by atomic mass is 9.94. The third-order valence-corrected chi connectivity index (χ3v) is 3.50. The average molecular weight is 339 g/mol. The van der Waals surface area contributed by atoms with Gasteiger partial charge in [0.05, 0.1) is 6.07 Å². The summed E-state index contributed by atoms with van der Waals surface area (Å²) < 4.78 is 0. The second kappa shape index (κ2) is 10.6. The first-order chi connectivity index (χ1) is 10.8. The number of nitrogens with zero attached hydrogens (tertiary/aromatic N) is 1. The Hall–Kier alpha value is -2.08. The van der Waals surface area contributed by atoms with Crippen LogP contribution in [0.3, 0.4) is 0 Å². The zero-order valence-electron chi connectivity index (χ0n) is 12.8. The molecule has 0 unspecified atom stereocenters. The number of nitrogens with two attached hydrogens (primary N) is 2. The highest BCUT2D eigenvalue weighted by Crippen LogP contribution is 2.10. The zero-order valence-corrected chi connectivity index (χ0v) is 13.6. The van der Waals surface area contributed by atoms with Gasteiger partial charge in [0.25, 0.3) is 0 Å². The van der Waals surface area contributed by atoms with Gasteiger partial charge in [-0.15, -0.1) is 0 Å². The van der Waals surface area contributed by atoms with Crippen LogP contribution >= 0.6 is 11.8 Å². The van der Waals surface area contributed by atoms with Gasteiger partial charge in [-0.05, 0) is 24.0 Å². The molecule has 0 aliphatic rings. The van der Waals surface area contributed by atoms with E-state index < -0.39 is 23.5 Å². The fourth-order valence-corrected chi connectivity index (χ4v) is 1.94. The van der Waals surface area contributed by atoms with Crippen molar-refractivity contribution < 1.29 is 19.8 Å². The van der Waals surface area contributed by atoms with E-state index in [2.05, 4.69) is 0 Å². The first kappa shape index (κ1) is 20.9. The normalized spacial score (nSPS) is 13.7. The number of thioether (sulfide) groups is 1. The van der Waals surface area contributed by atoms with Crippen molar-refractivity contribution in [3.63, 3.8) is 0 Å². The Balaban J connectivity index is 0.000000468. The van der Waals surface area contributed by atoms with Crippen molar-refractivity contribution in [2.75, 3.05) is 12.0 Å². The predicted octanol–water partition coefficient (Wildman–Crippen LogP) is 0.686. The van der Waals surface area contributed by atoms with Crippen LogP contribution in [-0.2, 0) is 16.0 Å². The van der Waals surface area contributed by atoms with E-state index in [9.17, 15) is 9.59 Å². The standard InChI is InChI=1S/C10H10N2O2.C5H11NO2S/c11-7-10(12,9(13)14)6-8-4-2-1-3-5-8;1-9-3-2-4(6)5(7)8/h1-5H,6,12H2,(H,13,14);4H,2-3,6H2,1H3,(H,7,8)/t10-;4-/m10/s1. The quantitative estimate of drug-likeness (QED) is 0.566. The van der Waals surface area contributed by atoms with Crippen LogP contribution in [0.1, 0.15) is 12.0 Å². The Bertz CT molecular complexity index is 547. The van der Waals surface area contributed by atoms with Crippen LogP contribution in [0.5, 0.6) is 0 Å². The highest BCUT2D eigenvalue weighted by atomic mass is 32.2. The maximum atomic E-state index is 10.7. The van der Waals surface area contributed by atoms with Crippen molar-refractivity contribution in [1.29, 1.82) is 5.26 Å². The molecule has 1 aromatic carbocycles. The van der Waals surface area contributed by atoms with Crippen molar-refractivity contribution in [1.82, 2.24) is 0 Å². The van der Waals surface area contributed by atoms with E-state index in [1.165, 1.54) is 0 Å². The molecule has 0 radical (unpaired) electrons. The molecule has 0 saturated heterocycles. The van der Waals surface area contributed by atoms with E-state index >= 15 is 0 Å². The lowest BCUT2D eigenvalue weighted by Gasteiger charge is -2.15. The zero-order chi connectivity index (χ0) is 17.9. The number of carbonyl (C=O) groups is 2. The Kier molecular flexibility index (Phi) is 9.65. The fourth-order valence-electron chi connectivity index (χ4n) is 1.45. The topological polar surface area (TPSA) is 150 Å². The lowest BCUT2D eigenvalue weighted by Crippen LogP contribution is -2.48. The molecule has 0 spiro atoms. The van der Waals surface area contributed by atoms with Gasteiger partial charge in [-0.2, -0.15) is 17.0 Å². The highest BCUT2D eigenvalue weighted by molar-refractivity contribution is 7.98. The van der Waals surface area contributed by atoms with Gasteiger partial charge in [-0.1, -0.05) is 30.3 Å². The maximum Gasteiger partial charge on any atom is 0.338 e. The van der Waals surface area contributed by atoms with E-state index in [0.717, 1.165) is 11.3 Å². The van der Waals surface area contributed by atoms with Gasteiger partial charge in [0.2, 0.25) is 5.54 Å². The van der Waals surface area contributed by atoms with Crippen LogP contribution in [-0.4, -0.2) is 45.7 Å². The number of aliphatic carboxylic acids is 2. The van der Waals surface area contributed by atoms with Crippen molar-refractivity contribution in [3.8, 4) is 6.07 Å². The van der Waals surface area contributed by atoms with Gasteiger partial charge in [-0.3, -0.25) is 4.79 Å². The molecule has 0 amide bonds. The molecular formula is C15H21N3O4S. The molecule has 7 nitrogen and oxygen atoms in total. The molecule has 0 heterocycles. The Morgan fingerprint density at radius 1 is 1.35 bits per heavy atom. The second-order valence-electron chi connectivity index (χ2n) is 4.78. The van der Waals surface area contributed by atoms with Crippen molar-refractivity contribution in [2.45, 2.75) is 24.4 Å². The van der Waals surface area contributed by atoms with Crippen LogP contribution in [0.25, 0.3) is 0 Å². The van der Waals surface area contributed by atoms with Crippen LogP contribution in [0, 0.1) is 11.3 Å². The first-order valence-corrected chi connectivity index (χ1v) is 8.11. The van der Waals surface area contributed by atoms with Crippen molar-refractivity contribution in [2.24, 2.45) is 11.5 Å². The SMILES string of the molecule is CSCC[C@H](N)C(=O)O.N#C[C@](N)(Cc1ccccc1)C(=O)O. The van der Waals surface area contributed by atoms with Gasteiger partial charge in [0, 0.05) is 6.42 Å². The third kappa shape index (κ3) is 8.21. The van der Waals surface area contributed by atoms with Crippen LogP contribution < -0.4 is 11.5 Å². The molecular weight excluding hydrogens is 318 g/mol. The summed E-state index contributed by atoms with van der Waals surface area (Å²) in [5, 5.41) is 25.7. The summed E-state index contributed by atoms with van der Waals surface area (Å²) in [4.78, 5) is 20.8. The Morgan fingerprint density at radius 2 is 1.91 bits per heavy atom. The molecule has 23 heavy (non-hydrogen) atoms. The Morgan fingerprint density at radius 3 is 2.30 bits per heavy atom. The number of benzene rings is 1. The number of rotatable bonds is 7. The van der Waals surface area contributed by atoms with Crippen molar-refractivity contribution >= 4 is 23.7 Å². The van der Waals surface area contributed by atoms with Gasteiger partial charge in [-0.25, -0.2) is 4.79 Å². The molecule has 2 atom stereocenters. The summed E-state index contributed by atoms with van der Waals surface area (Å²) in [5.41, 5.74) is 9.50. The largest absolute Gasteiger partial charge is 0.480 e. The molecule has 0 fully saturated rings. The number of nitriles is 1. The third-order valence-electron chi connectivity index (χ3n) is 2.86. The van der Waals surface area contributed by atoms with Crippen LogP contribution in [0.4, 0.5) is 0 Å². The average Bonchev–Trinajstić information content (AvgIpc) is 2.53. The van der Waals surface area contributed by atoms with E-state index in [4.69, 9.17) is 26.9 Å². The number of hydrogen-bond donors (Lipinski definition) is 4. The minimum Gasteiger partial charge on any atom is -0.480 e. The van der Waals surface area contributed by atoms with Gasteiger partial charge >= 0.3 is 11.9 Å². The predicted molar refractivity (Wildman–Crippen MR) is 88.9 cm³/mol. The molecule has 0 saturated carbocycles. The van der Waals surface area contributed by atoms with Gasteiger partial charge < -0.3 is 21.7 Å². The summed E-state index contributed by atoms with van der Waals surface area (Å²) >= 11 is 1.60. The van der Waals surface area contributed by atoms with E-state index in [1.807, 2.05) is 12.3 Å². The monoisotopic (exact) mass is 339 g/mol. The number of carboxylic acids is 2. The first-order valence-electron chi connectivity index (χ1n) is 6.71. The summed E-state index contributed by atoms with van der Waals surface area (Å²) in [6, 6.07) is 9.76. The molecule has 1 aromatic rings. The van der Waals surface area contributed by atoms with Crippen molar-refractivity contribution in [3.05, 3.63) is 35.9 Å². The summed E-state index contributed by atoms with van der Waals surface area (Å²) in [7, 11) is 0. The second-order valence-corrected chi connectivity index (χ2v) is 5.76. The highest BCUT2D eigenvalue weighted by Gasteiger charge is 2.34. The van der Waals surface area contributed by atoms with E-state index in [0.29, 0.717) is 6.42 Å². The summed E-state index contributed by atoms with van der Waals surface area (Å²) in [6.45, 7) is 0. The number of hydrogen-bond acceptors (Lipinski definition) is 6. The summed E-state index contributed by atoms with van der Waals surface area (Å²) in [6.07, 6.45) is 2.49. The molecule has 6 N–H and O–H groups in total. The van der Waals surface area contributed by atoms with E-state index in [1.54, 1.807) is 42.1 Å². The Labute approximate surface area is 139 Å². The van der Waals surface area contributed by atoms with Gasteiger partial charge in [0.1, 0.15) is 6.04 Å². The molecule has 0 aromatic heterocycles. The van der Waals surface area contributed by atoms with Crippen LogP contribution in [0.15, 0.2) is 30.3 Å². The summed E-state index contributed by atoms with van der Waals surface area (Å²) in [5.74, 6) is -1.40. The fraction of sp³-hybridized carbons (Fsp3) is 0.400.